The van der Waals surface area contributed by atoms with Crippen molar-refractivity contribution in [2.24, 2.45) is 0 Å². The van der Waals surface area contributed by atoms with E-state index < -0.39 is 0 Å². The lowest BCUT2D eigenvalue weighted by atomic mass is 10.6. The molecule has 0 N–H and O–H groups in total. The van der Waals surface area contributed by atoms with Gasteiger partial charge in [0.25, 0.3) is 0 Å². The zero-order valence-corrected chi connectivity index (χ0v) is 5.46. The fourth-order valence-electron chi connectivity index (χ4n) is 0.856. The maximum atomic E-state index is 5.09. The maximum Gasteiger partial charge on any atom is 0.364 e. The number of ether oxygens (including phenoxy) is 4. The Bertz CT molecular complexity index is 129. The van der Waals surface area contributed by atoms with Gasteiger partial charge in [-0.05, 0) is 0 Å². The minimum Gasteiger partial charge on any atom is -0.457 e. The molecule has 0 atom stereocenters. The Morgan fingerprint density at radius 1 is 0.600 bits per heavy atom. The largest absolute Gasteiger partial charge is 0.457 e. The Morgan fingerprint density at radius 3 is 1.20 bits per heavy atom. The molecule has 0 fully saturated rings. The zero-order chi connectivity index (χ0) is 6.81. The van der Waals surface area contributed by atoms with Gasteiger partial charge < -0.3 is 18.9 Å². The van der Waals surface area contributed by atoms with E-state index in [4.69, 9.17) is 18.9 Å². The van der Waals surface area contributed by atoms with Gasteiger partial charge in [-0.2, -0.15) is 0 Å². The van der Waals surface area contributed by atoms with Gasteiger partial charge in [-0.1, -0.05) is 0 Å². The molecule has 4 heteroatoms. The Kier molecular flexibility index (Phi) is 1.30. The van der Waals surface area contributed by atoms with Gasteiger partial charge in [0, 0.05) is 0 Å². The first-order valence-corrected chi connectivity index (χ1v) is 3.22. The van der Waals surface area contributed by atoms with Crippen LogP contribution >= 0.6 is 0 Å². The van der Waals surface area contributed by atoms with Crippen molar-refractivity contribution in [2.45, 2.75) is 0 Å². The van der Waals surface area contributed by atoms with Crippen LogP contribution in [0.5, 0.6) is 0 Å². The predicted octanol–water partition coefficient (Wildman–Crippen LogP) is 0.207. The van der Waals surface area contributed by atoms with Crippen LogP contribution in [0.2, 0.25) is 0 Å². The Morgan fingerprint density at radius 2 is 0.900 bits per heavy atom. The van der Waals surface area contributed by atoms with Gasteiger partial charge in [0.2, 0.25) is 0 Å². The van der Waals surface area contributed by atoms with Gasteiger partial charge in [0.05, 0.1) is 0 Å². The van der Waals surface area contributed by atoms with Gasteiger partial charge >= 0.3 is 11.9 Å². The van der Waals surface area contributed by atoms with Crippen molar-refractivity contribution in [1.29, 1.82) is 0 Å². The summed E-state index contributed by atoms with van der Waals surface area (Å²) in [4.78, 5) is 0. The lowest BCUT2D eigenvalue weighted by Crippen LogP contribution is -2.23. The van der Waals surface area contributed by atoms with E-state index in [0.717, 1.165) is 0 Å². The van der Waals surface area contributed by atoms with Crippen LogP contribution in [0.4, 0.5) is 0 Å². The summed E-state index contributed by atoms with van der Waals surface area (Å²) in [6.07, 6.45) is 0. The standard InChI is InChI=1S/C6H8O4/c1-2-8-6-5(7-1)9-3-4-10-6/h1-4H2. The lowest BCUT2D eigenvalue weighted by Gasteiger charge is -2.24. The fourth-order valence-corrected chi connectivity index (χ4v) is 0.856. The van der Waals surface area contributed by atoms with Crippen LogP contribution in [0.15, 0.2) is 11.9 Å². The molecule has 56 valence electrons. The van der Waals surface area contributed by atoms with E-state index in [-0.39, 0.29) is 0 Å². The normalized spacial score (nSPS) is 23.2. The van der Waals surface area contributed by atoms with E-state index in [9.17, 15) is 0 Å². The highest BCUT2D eigenvalue weighted by Crippen LogP contribution is 2.18. The van der Waals surface area contributed by atoms with Gasteiger partial charge in [-0.25, -0.2) is 0 Å². The van der Waals surface area contributed by atoms with Crippen LogP contribution in [0.25, 0.3) is 0 Å². The molecule has 0 spiro atoms. The molecule has 0 saturated carbocycles. The van der Waals surface area contributed by atoms with Gasteiger partial charge in [-0.15, -0.1) is 0 Å². The molecule has 0 unspecified atom stereocenters. The fraction of sp³-hybridized carbons (Fsp3) is 0.667. The summed E-state index contributed by atoms with van der Waals surface area (Å²) in [6, 6.07) is 0. The molecular weight excluding hydrogens is 136 g/mol. The number of hydrogen-bond acceptors (Lipinski definition) is 4. The highest BCUT2D eigenvalue weighted by atomic mass is 16.8. The molecule has 2 aliphatic rings. The SMILES string of the molecule is C1COC2=C(O1)OCCO2. The van der Waals surface area contributed by atoms with E-state index in [1.165, 1.54) is 0 Å². The Balaban J connectivity index is 2.14. The van der Waals surface area contributed by atoms with Crippen molar-refractivity contribution >= 4 is 0 Å². The summed E-state index contributed by atoms with van der Waals surface area (Å²) < 4.78 is 20.4. The van der Waals surface area contributed by atoms with E-state index in [1.807, 2.05) is 0 Å². The monoisotopic (exact) mass is 144 g/mol. The first-order chi connectivity index (χ1) is 4.97. The third-order valence-electron chi connectivity index (χ3n) is 1.27. The van der Waals surface area contributed by atoms with E-state index in [0.29, 0.717) is 38.3 Å². The Labute approximate surface area is 58.3 Å². The predicted molar refractivity (Wildman–Crippen MR) is 30.8 cm³/mol. The third-order valence-corrected chi connectivity index (χ3v) is 1.27. The van der Waals surface area contributed by atoms with E-state index in [1.54, 1.807) is 0 Å². The van der Waals surface area contributed by atoms with Crippen LogP contribution in [0, 0.1) is 0 Å². The van der Waals surface area contributed by atoms with Crippen LogP contribution < -0.4 is 0 Å². The minimum absolute atomic E-state index is 0.400. The summed E-state index contributed by atoms with van der Waals surface area (Å²) in [5.41, 5.74) is 0. The second kappa shape index (κ2) is 2.28. The molecule has 0 saturated heterocycles. The molecule has 2 aliphatic heterocycles. The van der Waals surface area contributed by atoms with E-state index in [2.05, 4.69) is 0 Å². The Hall–Kier alpha value is -1.06. The lowest BCUT2D eigenvalue weighted by molar-refractivity contribution is -0.127. The highest BCUT2D eigenvalue weighted by Gasteiger charge is 2.22. The van der Waals surface area contributed by atoms with Crippen LogP contribution in [0.3, 0.4) is 0 Å². The average Bonchev–Trinajstić information content (AvgIpc) is 2.05. The van der Waals surface area contributed by atoms with Crippen molar-refractivity contribution in [3.05, 3.63) is 11.9 Å². The summed E-state index contributed by atoms with van der Waals surface area (Å²) in [6.45, 7) is 2.18. The van der Waals surface area contributed by atoms with Crippen molar-refractivity contribution in [1.82, 2.24) is 0 Å². The molecule has 10 heavy (non-hydrogen) atoms. The molecule has 0 aliphatic carbocycles. The molecule has 4 nitrogen and oxygen atoms in total. The highest BCUT2D eigenvalue weighted by molar-refractivity contribution is 4.90. The minimum atomic E-state index is 0.400. The van der Waals surface area contributed by atoms with Gasteiger partial charge in [0.1, 0.15) is 26.4 Å². The van der Waals surface area contributed by atoms with Crippen molar-refractivity contribution < 1.29 is 18.9 Å². The summed E-state index contributed by atoms with van der Waals surface area (Å²) in [7, 11) is 0. The average molecular weight is 144 g/mol. The van der Waals surface area contributed by atoms with Crippen LogP contribution in [-0.2, 0) is 18.9 Å². The van der Waals surface area contributed by atoms with Crippen LogP contribution in [0.1, 0.15) is 0 Å². The molecule has 0 aromatic carbocycles. The number of hydrogen-bond donors (Lipinski definition) is 0. The molecule has 0 aromatic heterocycles. The quantitative estimate of drug-likeness (QED) is 0.487. The molecule has 0 radical (unpaired) electrons. The third kappa shape index (κ3) is 0.853. The second-order valence-electron chi connectivity index (χ2n) is 1.97. The van der Waals surface area contributed by atoms with Crippen molar-refractivity contribution in [3.8, 4) is 0 Å². The molecule has 0 bridgehead atoms. The van der Waals surface area contributed by atoms with Crippen molar-refractivity contribution in [3.63, 3.8) is 0 Å². The molecule has 2 heterocycles. The number of rotatable bonds is 0. The van der Waals surface area contributed by atoms with Gasteiger partial charge in [-0.3, -0.25) is 0 Å². The van der Waals surface area contributed by atoms with Crippen molar-refractivity contribution in [2.75, 3.05) is 26.4 Å². The smallest absolute Gasteiger partial charge is 0.364 e. The summed E-state index contributed by atoms with van der Waals surface area (Å²) in [5, 5.41) is 0. The second-order valence-corrected chi connectivity index (χ2v) is 1.97. The molecular formula is C6H8O4. The maximum absolute atomic E-state index is 5.09. The molecule has 0 amide bonds. The first-order valence-electron chi connectivity index (χ1n) is 3.22. The summed E-state index contributed by atoms with van der Waals surface area (Å²) in [5.74, 6) is 0.801. The van der Waals surface area contributed by atoms with Gasteiger partial charge in [0.15, 0.2) is 0 Å². The zero-order valence-electron chi connectivity index (χ0n) is 5.46. The van der Waals surface area contributed by atoms with Crippen LogP contribution in [-0.4, -0.2) is 26.4 Å². The molecule has 0 aromatic rings. The first kappa shape index (κ1) is 5.70. The molecule has 2 rings (SSSR count). The topological polar surface area (TPSA) is 36.9 Å². The summed E-state index contributed by atoms with van der Waals surface area (Å²) >= 11 is 0. The van der Waals surface area contributed by atoms with E-state index >= 15 is 0 Å².